The van der Waals surface area contributed by atoms with Gasteiger partial charge in [0.05, 0.1) is 19.8 Å². The number of thiocarbonyl (C=S) groups is 1. The fourth-order valence-electron chi connectivity index (χ4n) is 2.86. The molecule has 0 radical (unpaired) electrons. The lowest BCUT2D eigenvalue weighted by Gasteiger charge is -2.18. The molecule has 2 aliphatic rings. The van der Waals surface area contributed by atoms with Crippen LogP contribution in [-0.2, 0) is 9.53 Å². The number of hydrogen-bond acceptors (Lipinski definition) is 5. The summed E-state index contributed by atoms with van der Waals surface area (Å²) in [7, 11) is 1.35. The maximum atomic E-state index is 12.6. The molecule has 2 fully saturated rings. The normalized spacial score (nSPS) is 21.6. The van der Waals surface area contributed by atoms with E-state index in [0.29, 0.717) is 29.5 Å². The van der Waals surface area contributed by atoms with Crippen molar-refractivity contribution in [2.24, 2.45) is 0 Å². The van der Waals surface area contributed by atoms with Crippen molar-refractivity contribution in [1.82, 2.24) is 10.2 Å². The molecule has 1 N–H and O–H groups in total. The molecule has 2 saturated heterocycles. The Labute approximate surface area is 154 Å². The smallest absolute Gasteiger partial charge is 0.387 e. The number of nitrogens with one attached hydrogen (secondary N) is 1. The molecule has 1 aromatic rings. The highest BCUT2D eigenvalue weighted by atomic mass is 32.1. The summed E-state index contributed by atoms with van der Waals surface area (Å²) in [5.41, 5.74) is 0.888. The predicted molar refractivity (Wildman–Crippen MR) is 94.0 cm³/mol. The molecule has 3 rings (SSSR count). The summed E-state index contributed by atoms with van der Waals surface area (Å²) in [4.78, 5) is 14.0. The number of alkyl halides is 2. The van der Waals surface area contributed by atoms with E-state index in [1.54, 1.807) is 12.1 Å². The molecular weight excluding hydrogens is 366 g/mol. The second-order valence-electron chi connectivity index (χ2n) is 5.83. The number of halogens is 2. The molecule has 0 bridgehead atoms. The number of carbonyl (C=O) groups excluding carboxylic acids is 1. The molecular formula is C17H18F2N2O4S. The zero-order valence-corrected chi connectivity index (χ0v) is 14.9. The van der Waals surface area contributed by atoms with Crippen LogP contribution in [-0.4, -0.2) is 48.9 Å². The van der Waals surface area contributed by atoms with E-state index in [2.05, 4.69) is 10.1 Å². The molecule has 1 amide bonds. The number of amides is 1. The van der Waals surface area contributed by atoms with Crippen molar-refractivity contribution in [3.8, 4) is 11.5 Å². The monoisotopic (exact) mass is 384 g/mol. The fourth-order valence-corrected chi connectivity index (χ4v) is 3.13. The van der Waals surface area contributed by atoms with Crippen LogP contribution in [0.15, 0.2) is 23.9 Å². The number of hydrogen-bond donors (Lipinski definition) is 1. The maximum Gasteiger partial charge on any atom is 0.387 e. The van der Waals surface area contributed by atoms with Crippen molar-refractivity contribution in [1.29, 1.82) is 0 Å². The van der Waals surface area contributed by atoms with Gasteiger partial charge in [-0.1, -0.05) is 6.07 Å². The number of carbonyl (C=O) groups is 1. The van der Waals surface area contributed by atoms with Crippen molar-refractivity contribution in [3.05, 3.63) is 29.5 Å². The second kappa shape index (κ2) is 7.96. The van der Waals surface area contributed by atoms with Gasteiger partial charge < -0.3 is 19.5 Å². The standard InChI is InChI=1S/C17H18F2N2O4S/c1-23-14-8-10(4-5-13(14)25-16(18)19)7-12-15(22)21(17(26)20-12)9-11-3-2-6-24-11/h4-5,7-8,11,16H,2-3,6,9H2,1H3,(H,20,26)/b12-7-/t11-/m1/s1. The number of ether oxygens (including phenoxy) is 3. The largest absolute Gasteiger partial charge is 0.493 e. The van der Waals surface area contributed by atoms with Crippen LogP contribution in [0.3, 0.4) is 0 Å². The third-order valence-electron chi connectivity index (χ3n) is 4.09. The Morgan fingerprint density at radius 1 is 1.46 bits per heavy atom. The van der Waals surface area contributed by atoms with E-state index >= 15 is 0 Å². The maximum absolute atomic E-state index is 12.6. The first-order valence-electron chi connectivity index (χ1n) is 8.07. The summed E-state index contributed by atoms with van der Waals surface area (Å²) in [6, 6.07) is 4.42. The van der Waals surface area contributed by atoms with Crippen LogP contribution in [0.5, 0.6) is 11.5 Å². The summed E-state index contributed by atoms with van der Waals surface area (Å²) in [6.45, 7) is -1.84. The molecule has 0 aromatic heterocycles. The van der Waals surface area contributed by atoms with Gasteiger partial charge in [0.1, 0.15) is 5.70 Å². The summed E-state index contributed by atoms with van der Waals surface area (Å²) in [5, 5.41) is 3.20. The molecule has 0 spiro atoms. The molecule has 9 heteroatoms. The predicted octanol–water partition coefficient (Wildman–Crippen LogP) is 2.53. The van der Waals surface area contributed by atoms with E-state index < -0.39 is 6.61 Å². The van der Waals surface area contributed by atoms with Gasteiger partial charge in [0.15, 0.2) is 16.6 Å². The minimum Gasteiger partial charge on any atom is -0.493 e. The Balaban J connectivity index is 1.76. The van der Waals surface area contributed by atoms with Crippen LogP contribution < -0.4 is 14.8 Å². The third-order valence-corrected chi connectivity index (χ3v) is 4.41. The van der Waals surface area contributed by atoms with Gasteiger partial charge in [-0.2, -0.15) is 8.78 Å². The van der Waals surface area contributed by atoms with Gasteiger partial charge in [-0.3, -0.25) is 9.69 Å². The van der Waals surface area contributed by atoms with Crippen molar-refractivity contribution in [3.63, 3.8) is 0 Å². The van der Waals surface area contributed by atoms with Gasteiger partial charge in [0.2, 0.25) is 0 Å². The lowest BCUT2D eigenvalue weighted by atomic mass is 10.1. The van der Waals surface area contributed by atoms with Crippen LogP contribution in [0.4, 0.5) is 8.78 Å². The fraction of sp³-hybridized carbons (Fsp3) is 0.412. The van der Waals surface area contributed by atoms with E-state index in [4.69, 9.17) is 21.7 Å². The summed E-state index contributed by atoms with van der Waals surface area (Å²) in [5.74, 6) is -0.188. The Morgan fingerprint density at radius 2 is 2.27 bits per heavy atom. The third kappa shape index (κ3) is 4.10. The van der Waals surface area contributed by atoms with Crippen molar-refractivity contribution in [2.75, 3.05) is 20.3 Å². The number of benzene rings is 1. The average molecular weight is 384 g/mol. The topological polar surface area (TPSA) is 60.0 Å². The minimum absolute atomic E-state index is 0.0103. The molecule has 2 aliphatic heterocycles. The summed E-state index contributed by atoms with van der Waals surface area (Å²) < 4.78 is 39.8. The highest BCUT2D eigenvalue weighted by Crippen LogP contribution is 2.30. The second-order valence-corrected chi connectivity index (χ2v) is 6.21. The Morgan fingerprint density at radius 3 is 2.92 bits per heavy atom. The Hall–Kier alpha value is -2.26. The summed E-state index contributed by atoms with van der Waals surface area (Å²) in [6.07, 6.45) is 3.44. The SMILES string of the molecule is COc1cc(/C=C2\NC(=S)N(C[C@H]3CCCO3)C2=O)ccc1OC(F)F. The molecule has 1 aromatic carbocycles. The lowest BCUT2D eigenvalue weighted by molar-refractivity contribution is -0.123. The van der Waals surface area contributed by atoms with Crippen LogP contribution >= 0.6 is 12.2 Å². The minimum atomic E-state index is -2.95. The summed E-state index contributed by atoms with van der Waals surface area (Å²) >= 11 is 5.23. The van der Waals surface area contributed by atoms with Gasteiger partial charge in [-0.25, -0.2) is 0 Å². The molecule has 0 aliphatic carbocycles. The average Bonchev–Trinajstić information content (AvgIpc) is 3.20. The van der Waals surface area contributed by atoms with Crippen LogP contribution in [0.25, 0.3) is 6.08 Å². The molecule has 1 atom stereocenters. The van der Waals surface area contributed by atoms with Crippen LogP contribution in [0, 0.1) is 0 Å². The van der Waals surface area contributed by atoms with E-state index in [-0.39, 0.29) is 23.5 Å². The number of nitrogens with zero attached hydrogens (tertiary/aromatic N) is 1. The molecule has 26 heavy (non-hydrogen) atoms. The van der Waals surface area contributed by atoms with Crippen molar-refractivity contribution in [2.45, 2.75) is 25.6 Å². The Kier molecular flexibility index (Phi) is 5.67. The first-order chi connectivity index (χ1) is 12.5. The Bertz CT molecular complexity index is 735. The van der Waals surface area contributed by atoms with Gasteiger partial charge >= 0.3 is 6.61 Å². The number of rotatable bonds is 6. The van der Waals surface area contributed by atoms with Gasteiger partial charge in [-0.15, -0.1) is 0 Å². The van der Waals surface area contributed by atoms with E-state index in [1.165, 1.54) is 24.1 Å². The highest BCUT2D eigenvalue weighted by molar-refractivity contribution is 7.80. The zero-order chi connectivity index (χ0) is 18.7. The van der Waals surface area contributed by atoms with Gasteiger partial charge in [-0.05, 0) is 48.8 Å². The van der Waals surface area contributed by atoms with Crippen LogP contribution in [0.1, 0.15) is 18.4 Å². The van der Waals surface area contributed by atoms with E-state index in [0.717, 1.165) is 12.8 Å². The highest BCUT2D eigenvalue weighted by Gasteiger charge is 2.33. The quantitative estimate of drug-likeness (QED) is 0.601. The molecule has 6 nitrogen and oxygen atoms in total. The molecule has 2 heterocycles. The lowest BCUT2D eigenvalue weighted by Crippen LogP contribution is -2.37. The number of methoxy groups -OCH3 is 1. The molecule has 0 saturated carbocycles. The van der Waals surface area contributed by atoms with Gasteiger partial charge in [0, 0.05) is 6.61 Å². The van der Waals surface area contributed by atoms with E-state index in [1.807, 2.05) is 0 Å². The van der Waals surface area contributed by atoms with Crippen molar-refractivity contribution < 1.29 is 27.8 Å². The van der Waals surface area contributed by atoms with Crippen LogP contribution in [0.2, 0.25) is 0 Å². The molecule has 140 valence electrons. The first kappa shape index (κ1) is 18.5. The zero-order valence-electron chi connectivity index (χ0n) is 14.0. The van der Waals surface area contributed by atoms with E-state index in [9.17, 15) is 13.6 Å². The molecule has 0 unspecified atom stereocenters. The first-order valence-corrected chi connectivity index (χ1v) is 8.47. The van der Waals surface area contributed by atoms with Gasteiger partial charge in [0.25, 0.3) is 5.91 Å². The van der Waals surface area contributed by atoms with Crippen molar-refractivity contribution >= 4 is 29.3 Å².